The molecule has 76 valence electrons. The van der Waals surface area contributed by atoms with Gasteiger partial charge < -0.3 is 9.84 Å². The summed E-state index contributed by atoms with van der Waals surface area (Å²) in [5, 5.41) is 8.41. The molecule has 1 N–H and O–H groups in total. The minimum absolute atomic E-state index is 0.209. The minimum atomic E-state index is -4.82. The maximum Gasteiger partial charge on any atom is 0.574 e. The molecule has 0 radical (unpaired) electrons. The van der Waals surface area contributed by atoms with Crippen LogP contribution in [0, 0.1) is 0 Å². The molecular formula is C7H4F3NO3. The molecule has 0 aliphatic rings. The molecule has 0 bridgehead atoms. The van der Waals surface area contributed by atoms with Crippen LogP contribution in [-0.2, 0) is 0 Å². The number of pyridine rings is 1. The summed E-state index contributed by atoms with van der Waals surface area (Å²) in [4.78, 5) is 13.5. The largest absolute Gasteiger partial charge is 0.574 e. The highest BCUT2D eigenvalue weighted by atomic mass is 19.4. The number of alkyl halides is 3. The number of carboxylic acid groups (broad SMARTS) is 1. The van der Waals surface area contributed by atoms with Gasteiger partial charge in [0, 0.05) is 12.3 Å². The van der Waals surface area contributed by atoms with Gasteiger partial charge in [0.15, 0.2) is 0 Å². The van der Waals surface area contributed by atoms with Crippen molar-refractivity contribution in [2.75, 3.05) is 0 Å². The summed E-state index contributed by atoms with van der Waals surface area (Å²) < 4.78 is 38.3. The van der Waals surface area contributed by atoms with E-state index in [1.807, 2.05) is 0 Å². The van der Waals surface area contributed by atoms with Crippen LogP contribution in [0.2, 0.25) is 0 Å². The predicted molar refractivity (Wildman–Crippen MR) is 37.9 cm³/mol. The third kappa shape index (κ3) is 2.92. The zero-order valence-electron chi connectivity index (χ0n) is 6.58. The monoisotopic (exact) mass is 207 g/mol. The second kappa shape index (κ2) is 3.52. The van der Waals surface area contributed by atoms with E-state index in [4.69, 9.17) is 5.11 Å². The van der Waals surface area contributed by atoms with Gasteiger partial charge in [0.25, 0.3) is 0 Å². The van der Waals surface area contributed by atoms with Gasteiger partial charge in [-0.1, -0.05) is 0 Å². The summed E-state index contributed by atoms with van der Waals surface area (Å²) in [5.74, 6) is -1.96. The van der Waals surface area contributed by atoms with Crippen molar-refractivity contribution >= 4 is 5.97 Å². The van der Waals surface area contributed by atoms with Crippen LogP contribution in [0.4, 0.5) is 13.2 Å². The molecule has 4 nitrogen and oxygen atoms in total. The highest BCUT2D eigenvalue weighted by Gasteiger charge is 2.31. The van der Waals surface area contributed by atoms with Crippen LogP contribution in [0.25, 0.3) is 0 Å². The van der Waals surface area contributed by atoms with Crippen molar-refractivity contribution in [3.63, 3.8) is 0 Å². The average Bonchev–Trinajstić information content (AvgIpc) is 2.02. The van der Waals surface area contributed by atoms with Crippen molar-refractivity contribution in [1.29, 1.82) is 0 Å². The number of aromatic carboxylic acids is 1. The van der Waals surface area contributed by atoms with Gasteiger partial charge in [-0.25, -0.2) is 9.78 Å². The van der Waals surface area contributed by atoms with Crippen molar-refractivity contribution < 1.29 is 27.8 Å². The normalized spacial score (nSPS) is 11.1. The summed E-state index contributed by atoms with van der Waals surface area (Å²) >= 11 is 0. The van der Waals surface area contributed by atoms with E-state index in [-0.39, 0.29) is 5.56 Å². The Morgan fingerprint density at radius 3 is 2.43 bits per heavy atom. The van der Waals surface area contributed by atoms with E-state index in [2.05, 4.69) is 9.72 Å². The number of rotatable bonds is 2. The lowest BCUT2D eigenvalue weighted by Crippen LogP contribution is -2.18. The molecule has 0 saturated heterocycles. The van der Waals surface area contributed by atoms with Gasteiger partial charge in [-0.15, -0.1) is 13.2 Å². The van der Waals surface area contributed by atoms with Gasteiger partial charge in [-0.05, 0) is 6.07 Å². The second-order valence-corrected chi connectivity index (χ2v) is 2.24. The van der Waals surface area contributed by atoms with Crippen molar-refractivity contribution in [3.05, 3.63) is 23.9 Å². The number of hydrogen-bond donors (Lipinski definition) is 1. The summed E-state index contributed by atoms with van der Waals surface area (Å²) in [6, 6.07) is 1.80. The molecule has 0 atom stereocenters. The molecule has 0 fully saturated rings. The van der Waals surface area contributed by atoms with Crippen LogP contribution in [-0.4, -0.2) is 22.4 Å². The Balaban J connectivity index is 2.79. The van der Waals surface area contributed by atoms with Crippen molar-refractivity contribution in [2.24, 2.45) is 0 Å². The Hall–Kier alpha value is -1.79. The molecular weight excluding hydrogens is 203 g/mol. The number of halogens is 3. The van der Waals surface area contributed by atoms with E-state index in [9.17, 15) is 18.0 Å². The Labute approximate surface area is 75.9 Å². The van der Waals surface area contributed by atoms with Gasteiger partial charge in [0.2, 0.25) is 5.88 Å². The van der Waals surface area contributed by atoms with Crippen LogP contribution >= 0.6 is 0 Å². The van der Waals surface area contributed by atoms with E-state index in [0.29, 0.717) is 0 Å². The molecule has 0 saturated carbocycles. The fourth-order valence-corrected chi connectivity index (χ4v) is 0.686. The zero-order valence-corrected chi connectivity index (χ0v) is 6.58. The van der Waals surface area contributed by atoms with E-state index in [1.165, 1.54) is 0 Å². The van der Waals surface area contributed by atoms with Gasteiger partial charge in [0.05, 0.1) is 5.56 Å². The SMILES string of the molecule is O=C(O)c1ccc(OC(F)(F)F)nc1. The smallest absolute Gasteiger partial charge is 0.478 e. The summed E-state index contributed by atoms with van der Waals surface area (Å²) in [7, 11) is 0. The first-order chi connectivity index (χ1) is 6.38. The topological polar surface area (TPSA) is 59.4 Å². The molecule has 1 heterocycles. The molecule has 1 aromatic rings. The highest BCUT2D eigenvalue weighted by Crippen LogP contribution is 2.20. The zero-order chi connectivity index (χ0) is 10.8. The lowest BCUT2D eigenvalue weighted by Gasteiger charge is -2.06. The lowest BCUT2D eigenvalue weighted by atomic mass is 10.3. The van der Waals surface area contributed by atoms with Crippen LogP contribution in [0.15, 0.2) is 18.3 Å². The summed E-state index contributed by atoms with van der Waals surface area (Å²) in [6.07, 6.45) is -4.04. The molecule has 0 aliphatic heterocycles. The summed E-state index contributed by atoms with van der Waals surface area (Å²) in [5.41, 5.74) is -0.209. The Morgan fingerprint density at radius 1 is 1.43 bits per heavy atom. The number of carbonyl (C=O) groups is 1. The first-order valence-electron chi connectivity index (χ1n) is 3.33. The van der Waals surface area contributed by atoms with Gasteiger partial charge in [-0.3, -0.25) is 0 Å². The molecule has 7 heteroatoms. The molecule has 0 aromatic carbocycles. The van der Waals surface area contributed by atoms with E-state index < -0.39 is 18.2 Å². The molecule has 14 heavy (non-hydrogen) atoms. The van der Waals surface area contributed by atoms with Crippen molar-refractivity contribution in [1.82, 2.24) is 4.98 Å². The number of aromatic nitrogens is 1. The van der Waals surface area contributed by atoms with Gasteiger partial charge >= 0.3 is 12.3 Å². The maximum absolute atomic E-state index is 11.6. The Bertz CT molecular complexity index is 333. The number of nitrogens with zero attached hydrogens (tertiary/aromatic N) is 1. The molecule has 0 unspecified atom stereocenters. The van der Waals surface area contributed by atoms with Crippen LogP contribution < -0.4 is 4.74 Å². The fourth-order valence-electron chi connectivity index (χ4n) is 0.686. The van der Waals surface area contributed by atoms with Gasteiger partial charge in [0.1, 0.15) is 0 Å². The Kier molecular flexibility index (Phi) is 2.59. The van der Waals surface area contributed by atoms with Gasteiger partial charge in [-0.2, -0.15) is 0 Å². The molecule has 1 rings (SSSR count). The maximum atomic E-state index is 11.6. The van der Waals surface area contributed by atoms with Crippen molar-refractivity contribution in [3.8, 4) is 5.88 Å². The van der Waals surface area contributed by atoms with Crippen molar-refractivity contribution in [2.45, 2.75) is 6.36 Å². The first-order valence-corrected chi connectivity index (χ1v) is 3.33. The third-order valence-corrected chi connectivity index (χ3v) is 1.20. The molecule has 0 aliphatic carbocycles. The number of ether oxygens (including phenoxy) is 1. The molecule has 0 amide bonds. The third-order valence-electron chi connectivity index (χ3n) is 1.20. The highest BCUT2D eigenvalue weighted by molar-refractivity contribution is 5.87. The van der Waals surface area contributed by atoms with E-state index in [1.54, 1.807) is 0 Å². The van der Waals surface area contributed by atoms with Crippen LogP contribution in [0.5, 0.6) is 5.88 Å². The number of carboxylic acids is 1. The van der Waals surface area contributed by atoms with Crippen LogP contribution in [0.3, 0.4) is 0 Å². The first kappa shape index (κ1) is 10.3. The quantitative estimate of drug-likeness (QED) is 0.801. The standard InChI is InChI=1S/C7H4F3NO3/c8-7(9,10)14-5-2-1-4(3-11-5)6(12)13/h1-3H,(H,12,13). The van der Waals surface area contributed by atoms with E-state index >= 15 is 0 Å². The summed E-state index contributed by atoms with van der Waals surface area (Å²) in [6.45, 7) is 0. The Morgan fingerprint density at radius 2 is 2.07 bits per heavy atom. The van der Waals surface area contributed by atoms with Crippen LogP contribution in [0.1, 0.15) is 10.4 Å². The molecule has 0 spiro atoms. The second-order valence-electron chi connectivity index (χ2n) is 2.24. The average molecular weight is 207 g/mol. The predicted octanol–water partition coefficient (Wildman–Crippen LogP) is 1.68. The lowest BCUT2D eigenvalue weighted by molar-refractivity contribution is -0.276. The number of hydrogen-bond acceptors (Lipinski definition) is 3. The fraction of sp³-hybridized carbons (Fsp3) is 0.143. The van der Waals surface area contributed by atoms with E-state index in [0.717, 1.165) is 18.3 Å². The minimum Gasteiger partial charge on any atom is -0.478 e. The molecule has 1 aromatic heterocycles.